The number of hydrogen-bond donors (Lipinski definition) is 1. The Morgan fingerprint density at radius 1 is 0.719 bits per heavy atom. The van der Waals surface area contributed by atoms with Crippen molar-refractivity contribution in [2.24, 2.45) is 0 Å². The van der Waals surface area contributed by atoms with Crippen molar-refractivity contribution >= 4 is 21.0 Å². The van der Waals surface area contributed by atoms with E-state index in [0.29, 0.717) is 4.90 Å². The van der Waals surface area contributed by atoms with Crippen LogP contribution in [0.2, 0.25) is 0 Å². The molecule has 0 aliphatic heterocycles. The topological polar surface area (TPSA) is 63.6 Å². The van der Waals surface area contributed by atoms with Gasteiger partial charge in [-0.2, -0.15) is 30.4 Å². The van der Waals surface area contributed by atoms with Crippen LogP contribution in [0.5, 0.6) is 5.75 Å². The second-order valence-corrected chi connectivity index (χ2v) is 10.0. The minimum Gasteiger partial charge on any atom is -0.473 e. The molecule has 0 amide bonds. The minimum atomic E-state index is -6.38. The van der Waals surface area contributed by atoms with E-state index < -0.39 is 44.3 Å². The summed E-state index contributed by atoms with van der Waals surface area (Å²) in [6.45, 7) is 0. The smallest absolute Gasteiger partial charge is 0.432 e. The van der Waals surface area contributed by atoms with Crippen LogP contribution in [-0.2, 0) is 21.0 Å². The second-order valence-electron chi connectivity index (χ2n) is 6.48. The lowest BCUT2D eigenvalue weighted by molar-refractivity contribution is -0.239. The Morgan fingerprint density at radius 2 is 1.12 bits per heavy atom. The Kier molecular flexibility index (Phi) is 6.82. The van der Waals surface area contributed by atoms with Crippen LogP contribution >= 0.6 is 0 Å². The summed E-state index contributed by atoms with van der Waals surface area (Å²) in [5.41, 5.74) is 0. The van der Waals surface area contributed by atoms with Crippen LogP contribution in [-0.4, -0.2) is 30.5 Å². The van der Waals surface area contributed by atoms with Crippen molar-refractivity contribution in [2.75, 3.05) is 0 Å². The lowest BCUT2D eigenvalue weighted by atomic mass is 10.3. The molecule has 3 rings (SSSR count). The van der Waals surface area contributed by atoms with E-state index in [2.05, 4.69) is 4.74 Å². The molecule has 11 heteroatoms. The molecule has 3 aromatic carbocycles. The Balaban J connectivity index is 1.96. The average molecular weight is 491 g/mol. The van der Waals surface area contributed by atoms with E-state index in [1.807, 2.05) is 60.7 Å². The molecule has 3 aromatic rings. The number of alkyl halides is 5. The van der Waals surface area contributed by atoms with Gasteiger partial charge in [-0.1, -0.05) is 36.4 Å². The maximum Gasteiger partial charge on any atom is 0.432 e. The molecule has 0 fully saturated rings. The molecule has 0 aromatic heterocycles. The van der Waals surface area contributed by atoms with Gasteiger partial charge in [0.2, 0.25) is 0 Å². The summed E-state index contributed by atoms with van der Waals surface area (Å²) in [5.74, 6) is -0.635. The van der Waals surface area contributed by atoms with Crippen LogP contribution in [0.1, 0.15) is 0 Å². The zero-order valence-electron chi connectivity index (χ0n) is 16.0. The second kappa shape index (κ2) is 9.08. The van der Waals surface area contributed by atoms with Crippen LogP contribution in [0.4, 0.5) is 22.0 Å². The molecule has 0 aliphatic rings. The Bertz CT molecular complexity index is 1100. The largest absolute Gasteiger partial charge is 0.473 e. The van der Waals surface area contributed by atoms with E-state index >= 15 is 0 Å². The molecule has 4 nitrogen and oxygen atoms in total. The fourth-order valence-electron chi connectivity index (χ4n) is 2.77. The third-order valence-electron chi connectivity index (χ3n) is 4.22. The maximum absolute atomic E-state index is 13.7. The highest BCUT2D eigenvalue weighted by Gasteiger charge is 2.65. The van der Waals surface area contributed by atoms with E-state index in [1.54, 1.807) is 0 Å². The summed E-state index contributed by atoms with van der Waals surface area (Å²) >= 11 is 0. The summed E-state index contributed by atoms with van der Waals surface area (Å²) in [6, 6.07) is 23.4. The molecule has 1 unspecified atom stereocenters. The molecule has 32 heavy (non-hydrogen) atoms. The molecule has 1 atom stereocenters. The highest BCUT2D eigenvalue weighted by molar-refractivity contribution is 7.97. The Hall–Kier alpha value is -2.63. The molecule has 0 aliphatic carbocycles. The van der Waals surface area contributed by atoms with Gasteiger partial charge in [0.05, 0.1) is 10.9 Å². The molecule has 0 saturated carbocycles. The van der Waals surface area contributed by atoms with Gasteiger partial charge in [0.25, 0.3) is 6.10 Å². The zero-order valence-corrected chi connectivity index (χ0v) is 17.7. The number of hydrogen-bond acceptors (Lipinski definition) is 3. The normalized spacial score (nSPS) is 13.7. The quantitative estimate of drug-likeness (QED) is 0.267. The third-order valence-corrected chi connectivity index (χ3v) is 7.35. The summed E-state index contributed by atoms with van der Waals surface area (Å²) in [6.07, 6.45) is -9.85. The third kappa shape index (κ3) is 5.22. The maximum atomic E-state index is 13.7. The van der Waals surface area contributed by atoms with Gasteiger partial charge in [-0.15, -0.1) is 0 Å². The molecule has 0 bridgehead atoms. The monoisotopic (exact) mass is 491 g/mol. The Morgan fingerprint density at radius 3 is 1.50 bits per heavy atom. The van der Waals surface area contributed by atoms with Crippen molar-refractivity contribution in [3.63, 3.8) is 0 Å². The van der Waals surface area contributed by atoms with Gasteiger partial charge in [-0.25, -0.2) is 0 Å². The Labute approximate surface area is 183 Å². The number of ether oxygens (including phenoxy) is 1. The van der Waals surface area contributed by atoms with Crippen LogP contribution in [0, 0.1) is 0 Å². The first-order valence-corrected chi connectivity index (χ1v) is 11.6. The van der Waals surface area contributed by atoms with Gasteiger partial charge < -0.3 is 4.74 Å². The van der Waals surface area contributed by atoms with Gasteiger partial charge in [0, 0.05) is 0 Å². The van der Waals surface area contributed by atoms with Crippen molar-refractivity contribution in [1.29, 1.82) is 0 Å². The van der Waals surface area contributed by atoms with Crippen LogP contribution in [0.15, 0.2) is 99.6 Å². The highest BCUT2D eigenvalue weighted by atomic mass is 32.2. The summed E-state index contributed by atoms with van der Waals surface area (Å²) in [5, 5.41) is -5.59. The fourth-order valence-corrected chi connectivity index (χ4v) is 5.31. The van der Waals surface area contributed by atoms with E-state index in [4.69, 9.17) is 4.55 Å². The van der Waals surface area contributed by atoms with Gasteiger partial charge in [-0.05, 0) is 48.5 Å². The molecule has 0 heterocycles. The van der Waals surface area contributed by atoms with E-state index in [9.17, 15) is 30.4 Å². The lowest BCUT2D eigenvalue weighted by Gasteiger charge is -2.26. The van der Waals surface area contributed by atoms with Crippen molar-refractivity contribution in [3.05, 3.63) is 84.9 Å². The fraction of sp³-hybridized carbons (Fsp3) is 0.143. The van der Waals surface area contributed by atoms with E-state index in [-0.39, 0.29) is 0 Å². The molecular weight excluding hydrogens is 475 g/mol. The van der Waals surface area contributed by atoms with Gasteiger partial charge in [-0.3, -0.25) is 4.55 Å². The summed E-state index contributed by atoms with van der Waals surface area (Å²) in [4.78, 5) is 2.50. The van der Waals surface area contributed by atoms with Crippen LogP contribution in [0.25, 0.3) is 0 Å². The summed E-state index contributed by atoms with van der Waals surface area (Å²) < 4.78 is 101. The van der Waals surface area contributed by atoms with Crippen molar-refractivity contribution in [2.45, 2.75) is 32.2 Å². The SMILES string of the molecule is O=S(=O)(O)C(F)(F)C(Oc1ccc([S+](c2ccccc2)c2ccccc2)cc1)C(F)(F)F. The number of halogens is 5. The molecule has 170 valence electrons. The average Bonchev–Trinajstić information content (AvgIpc) is 2.73. The van der Waals surface area contributed by atoms with Gasteiger partial charge >= 0.3 is 21.5 Å². The van der Waals surface area contributed by atoms with Crippen LogP contribution in [0.3, 0.4) is 0 Å². The van der Waals surface area contributed by atoms with Crippen molar-refractivity contribution < 1.29 is 39.7 Å². The van der Waals surface area contributed by atoms with E-state index in [1.165, 1.54) is 12.1 Å². The van der Waals surface area contributed by atoms with Gasteiger partial charge in [0.15, 0.2) is 14.7 Å². The predicted molar refractivity (Wildman–Crippen MR) is 108 cm³/mol. The minimum absolute atomic E-state index is 0.635. The molecule has 1 N–H and O–H groups in total. The molecule has 0 radical (unpaired) electrons. The van der Waals surface area contributed by atoms with Crippen molar-refractivity contribution in [1.82, 2.24) is 0 Å². The predicted octanol–water partition coefficient (Wildman–Crippen LogP) is 5.57. The highest BCUT2D eigenvalue weighted by Crippen LogP contribution is 2.39. The number of benzene rings is 3. The van der Waals surface area contributed by atoms with Gasteiger partial charge in [0.1, 0.15) is 5.75 Å². The standard InChI is InChI=1S/C21H15F5O4S2/c22-20(23,24)19(21(25,26)32(27,28)29)30-15-11-13-18(14-12-15)31(16-7-3-1-4-8-16)17-9-5-2-6-10-17/h1-14,19H/p+1. The molecule has 0 saturated heterocycles. The lowest BCUT2D eigenvalue weighted by Crippen LogP contribution is -2.53. The molecular formula is C21H16F5O4S2+. The van der Waals surface area contributed by atoms with E-state index in [0.717, 1.165) is 21.9 Å². The number of rotatable bonds is 7. The van der Waals surface area contributed by atoms with Crippen LogP contribution < -0.4 is 4.74 Å². The first-order valence-electron chi connectivity index (χ1n) is 8.94. The zero-order chi connectivity index (χ0) is 23.6. The van der Waals surface area contributed by atoms with Crippen molar-refractivity contribution in [3.8, 4) is 5.75 Å². The molecule has 0 spiro atoms. The first kappa shape index (κ1) is 24.0. The first-order chi connectivity index (χ1) is 14.9. The summed E-state index contributed by atoms with van der Waals surface area (Å²) in [7, 11) is -7.02.